The van der Waals surface area contributed by atoms with E-state index in [2.05, 4.69) is 43.1 Å². The van der Waals surface area contributed by atoms with Crippen molar-refractivity contribution >= 4 is 46.7 Å². The lowest BCUT2D eigenvalue weighted by molar-refractivity contribution is -0.129. The predicted molar refractivity (Wildman–Crippen MR) is 155 cm³/mol. The maximum Gasteiger partial charge on any atom is 0.275 e. The van der Waals surface area contributed by atoms with Gasteiger partial charge in [-0.2, -0.15) is 0 Å². The van der Waals surface area contributed by atoms with Crippen molar-refractivity contribution < 1.29 is 9.59 Å². The number of carbonyl (C=O) groups is 2. The van der Waals surface area contributed by atoms with Gasteiger partial charge in [0.25, 0.3) is 11.8 Å². The minimum Gasteiger partial charge on any atom is -0.368 e. The average molecular weight is 563 g/mol. The van der Waals surface area contributed by atoms with Crippen LogP contribution in [0.3, 0.4) is 0 Å². The number of halogens is 2. The molecule has 9 nitrogen and oxygen atoms in total. The van der Waals surface area contributed by atoms with E-state index in [1.165, 1.54) is 6.42 Å². The van der Waals surface area contributed by atoms with E-state index in [9.17, 15) is 9.59 Å². The summed E-state index contributed by atoms with van der Waals surface area (Å²) in [6.07, 6.45) is 1.27. The number of hydrogen-bond donors (Lipinski definition) is 4. The molecule has 0 saturated heterocycles. The number of nitrogens with two attached hydrogens (primary N) is 2. The highest BCUT2D eigenvalue weighted by Gasteiger charge is 2.43. The number of hydrogen-bond acceptors (Lipinski definition) is 6. The van der Waals surface area contributed by atoms with Gasteiger partial charge in [-0.05, 0) is 62.1 Å². The molecule has 1 aliphatic rings. The number of guanidine groups is 1. The monoisotopic (exact) mass is 561 g/mol. The van der Waals surface area contributed by atoms with Crippen molar-refractivity contribution in [3.8, 4) is 0 Å². The van der Waals surface area contributed by atoms with Crippen molar-refractivity contribution in [1.29, 1.82) is 0 Å². The van der Waals surface area contributed by atoms with Gasteiger partial charge >= 0.3 is 0 Å². The van der Waals surface area contributed by atoms with Crippen LogP contribution in [0.25, 0.3) is 0 Å². The van der Waals surface area contributed by atoms with Crippen LogP contribution in [0.1, 0.15) is 82.4 Å². The Kier molecular flexibility index (Phi) is 10.3. The molecule has 0 aliphatic carbocycles. The molecule has 1 aliphatic heterocycles. The molecule has 2 aromatic carbocycles. The summed E-state index contributed by atoms with van der Waals surface area (Å²) in [5.41, 5.74) is 9.31. The maximum absolute atomic E-state index is 13.3. The van der Waals surface area contributed by atoms with Crippen molar-refractivity contribution in [2.75, 3.05) is 0 Å². The van der Waals surface area contributed by atoms with Crippen LogP contribution >= 0.6 is 23.2 Å². The zero-order valence-electron chi connectivity index (χ0n) is 22.9. The Bertz CT molecular complexity index is 1200. The van der Waals surface area contributed by atoms with Gasteiger partial charge in [0.15, 0.2) is 0 Å². The molecule has 1 atom stereocenters. The molecule has 11 heteroatoms. The van der Waals surface area contributed by atoms with Crippen molar-refractivity contribution in [2.45, 2.75) is 66.6 Å². The summed E-state index contributed by atoms with van der Waals surface area (Å²) in [4.78, 5) is 31.9. The van der Waals surface area contributed by atoms with Crippen LogP contribution < -0.4 is 22.4 Å². The fraction of sp³-hybridized carbons (Fsp3) is 0.407. The quantitative estimate of drug-likeness (QED) is 0.176. The standard InChI is InChI=1S/C21H23Cl2N7O2.C6H14/c1-11(12-4-6-13(7-5-12)18(31)26-20(24)28-29-25)30-19(32)17(27-21(30,2)3)14-8-15(22)10-16(23)9-14;1-5-6(2,3)4/h4-11,29H,25H2,1-3H3,(H3,24,26,28,31);5H2,1-4H3. The fourth-order valence-electron chi connectivity index (χ4n) is 3.61. The lowest BCUT2D eigenvalue weighted by Crippen LogP contribution is -2.44. The highest BCUT2D eigenvalue weighted by atomic mass is 35.5. The molecule has 206 valence electrons. The molecule has 1 heterocycles. The third-order valence-electron chi connectivity index (χ3n) is 6.06. The second-order valence-corrected chi connectivity index (χ2v) is 11.5. The molecule has 2 aromatic rings. The Hall–Kier alpha value is -3.14. The van der Waals surface area contributed by atoms with Crippen molar-refractivity contribution in [1.82, 2.24) is 15.8 Å². The Morgan fingerprint density at radius 2 is 1.66 bits per heavy atom. The van der Waals surface area contributed by atoms with Gasteiger partial charge in [-0.3, -0.25) is 19.9 Å². The molecule has 2 amide bonds. The number of aliphatic imine (C=N–C) groups is 1. The largest absolute Gasteiger partial charge is 0.368 e. The Balaban J connectivity index is 0.000000757. The lowest BCUT2D eigenvalue weighted by Gasteiger charge is -2.35. The third-order valence-corrected chi connectivity index (χ3v) is 6.50. The van der Waals surface area contributed by atoms with Gasteiger partial charge in [-0.15, -0.1) is 5.10 Å². The van der Waals surface area contributed by atoms with Gasteiger partial charge in [0, 0.05) is 21.2 Å². The first-order valence-electron chi connectivity index (χ1n) is 12.2. The van der Waals surface area contributed by atoms with E-state index in [1.54, 1.807) is 47.4 Å². The predicted octanol–water partition coefficient (Wildman–Crippen LogP) is 4.99. The molecule has 0 bridgehead atoms. The van der Waals surface area contributed by atoms with E-state index in [-0.39, 0.29) is 17.9 Å². The lowest BCUT2D eigenvalue weighted by atomic mass is 9.94. The smallest absolute Gasteiger partial charge is 0.275 e. The van der Waals surface area contributed by atoms with Gasteiger partial charge in [-0.25, -0.2) is 11.4 Å². The normalized spacial score (nSPS) is 15.8. The topological polar surface area (TPSA) is 138 Å². The SMILES string of the molecule is CC(c1ccc(C(=O)N/C(N)=N/NN)cc1)N1C(=O)C(c2cc(Cl)cc(Cl)c2)=NC1(C)C.CCC(C)(C)C. The molecule has 3 rings (SSSR count). The molecular weight excluding hydrogens is 525 g/mol. The minimum atomic E-state index is -0.795. The molecule has 0 radical (unpaired) electrons. The zero-order chi connectivity index (χ0) is 28.8. The number of carbonyl (C=O) groups excluding carboxylic acids is 2. The van der Waals surface area contributed by atoms with E-state index in [4.69, 9.17) is 34.8 Å². The first kappa shape index (κ1) is 31.1. The van der Waals surface area contributed by atoms with E-state index >= 15 is 0 Å². The summed E-state index contributed by atoms with van der Waals surface area (Å²) in [6, 6.07) is 11.4. The van der Waals surface area contributed by atoms with Crippen LogP contribution in [0, 0.1) is 5.41 Å². The third kappa shape index (κ3) is 8.18. The molecule has 0 spiro atoms. The van der Waals surface area contributed by atoms with Gasteiger partial charge in [0.2, 0.25) is 5.96 Å². The molecular formula is C27H37Cl2N7O2. The van der Waals surface area contributed by atoms with E-state index in [0.717, 1.165) is 5.56 Å². The molecule has 1 unspecified atom stereocenters. The number of hydrazone groups is 1. The zero-order valence-corrected chi connectivity index (χ0v) is 24.4. The van der Waals surface area contributed by atoms with E-state index < -0.39 is 11.6 Å². The van der Waals surface area contributed by atoms with Crippen molar-refractivity contribution in [3.63, 3.8) is 0 Å². The van der Waals surface area contributed by atoms with E-state index in [1.807, 2.05) is 26.3 Å². The summed E-state index contributed by atoms with van der Waals surface area (Å²) in [5, 5.41) is 6.72. The summed E-state index contributed by atoms with van der Waals surface area (Å²) in [7, 11) is 0. The highest BCUT2D eigenvalue weighted by molar-refractivity contribution is 6.47. The van der Waals surface area contributed by atoms with Crippen LogP contribution in [0.2, 0.25) is 10.0 Å². The summed E-state index contributed by atoms with van der Waals surface area (Å²) in [5.74, 6) is 4.19. The molecule has 6 N–H and O–H groups in total. The average Bonchev–Trinajstić information content (AvgIpc) is 3.06. The first-order valence-corrected chi connectivity index (χ1v) is 12.9. The Morgan fingerprint density at radius 1 is 1.13 bits per heavy atom. The van der Waals surface area contributed by atoms with Gasteiger partial charge < -0.3 is 10.6 Å². The summed E-state index contributed by atoms with van der Waals surface area (Å²) in [6.45, 7) is 14.6. The highest BCUT2D eigenvalue weighted by Crippen LogP contribution is 2.35. The summed E-state index contributed by atoms with van der Waals surface area (Å²) >= 11 is 12.2. The Morgan fingerprint density at radius 3 is 2.13 bits per heavy atom. The molecule has 38 heavy (non-hydrogen) atoms. The second kappa shape index (κ2) is 12.6. The number of nitrogens with zero attached hydrogens (tertiary/aromatic N) is 3. The van der Waals surface area contributed by atoms with Gasteiger partial charge in [0.05, 0.1) is 6.04 Å². The number of benzene rings is 2. The Labute approximate surface area is 234 Å². The molecule has 0 fully saturated rings. The molecule has 0 saturated carbocycles. The van der Waals surface area contributed by atoms with Crippen LogP contribution in [-0.2, 0) is 4.79 Å². The second-order valence-electron chi connectivity index (χ2n) is 10.6. The number of rotatable bonds is 5. The van der Waals surface area contributed by atoms with Crippen LogP contribution in [0.4, 0.5) is 0 Å². The number of nitrogens with one attached hydrogen (secondary N) is 2. The van der Waals surface area contributed by atoms with Crippen LogP contribution in [0.15, 0.2) is 52.6 Å². The van der Waals surface area contributed by atoms with Crippen LogP contribution in [-0.4, -0.2) is 34.0 Å². The first-order chi connectivity index (χ1) is 17.6. The van der Waals surface area contributed by atoms with Crippen molar-refractivity contribution in [2.24, 2.45) is 27.1 Å². The number of amides is 2. The summed E-state index contributed by atoms with van der Waals surface area (Å²) < 4.78 is 0. The minimum absolute atomic E-state index is 0.162. The molecule has 0 aromatic heterocycles. The number of hydrazine groups is 1. The maximum atomic E-state index is 13.3. The van der Waals surface area contributed by atoms with Gasteiger partial charge in [0.1, 0.15) is 11.4 Å². The van der Waals surface area contributed by atoms with Gasteiger partial charge in [-0.1, -0.05) is 69.5 Å². The fourth-order valence-corrected chi connectivity index (χ4v) is 4.14. The van der Waals surface area contributed by atoms with Crippen LogP contribution in [0.5, 0.6) is 0 Å². The van der Waals surface area contributed by atoms with E-state index in [0.29, 0.717) is 32.3 Å². The van der Waals surface area contributed by atoms with Crippen molar-refractivity contribution in [3.05, 3.63) is 69.2 Å².